The van der Waals surface area contributed by atoms with Gasteiger partial charge in [-0.2, -0.15) is 0 Å². The molecular formula is C19H18BrF4N3O3S2. The number of methoxy groups -OCH3 is 1. The number of hydrogen-bond acceptors (Lipinski definition) is 5. The summed E-state index contributed by atoms with van der Waals surface area (Å²) >= 11 is 8.30. The van der Waals surface area contributed by atoms with Gasteiger partial charge in [-0.1, -0.05) is 0 Å². The van der Waals surface area contributed by atoms with Crippen molar-refractivity contribution < 1.29 is 31.9 Å². The second-order valence-corrected chi connectivity index (χ2v) is 8.48. The Morgan fingerprint density at radius 1 is 1.06 bits per heavy atom. The Balaban J connectivity index is 2.45. The van der Waals surface area contributed by atoms with Gasteiger partial charge in [0.15, 0.2) is 28.4 Å². The molecule has 32 heavy (non-hydrogen) atoms. The molecule has 2 N–H and O–H groups in total. The summed E-state index contributed by atoms with van der Waals surface area (Å²) in [6.45, 7) is 6.00. The number of benzene rings is 1. The Hall–Kier alpha value is -2.25. The van der Waals surface area contributed by atoms with Crippen LogP contribution in [0.25, 0.3) is 0 Å². The van der Waals surface area contributed by atoms with Crippen molar-refractivity contribution in [2.75, 3.05) is 30.8 Å². The van der Waals surface area contributed by atoms with Crippen LogP contribution in [0.2, 0.25) is 0 Å². The zero-order chi connectivity index (χ0) is 24.3. The highest BCUT2D eigenvalue weighted by molar-refractivity contribution is 9.10. The zero-order valence-corrected chi connectivity index (χ0v) is 20.5. The molecule has 174 valence electrons. The first-order valence-corrected chi connectivity index (χ1v) is 11.1. The van der Waals surface area contributed by atoms with Crippen LogP contribution in [0.3, 0.4) is 0 Å². The topological polar surface area (TPSA) is 70.7 Å². The Labute approximate surface area is 199 Å². The van der Waals surface area contributed by atoms with E-state index in [2.05, 4.69) is 26.6 Å². The number of amides is 1. The van der Waals surface area contributed by atoms with Crippen molar-refractivity contribution in [3.63, 3.8) is 0 Å². The van der Waals surface area contributed by atoms with E-state index in [0.29, 0.717) is 18.7 Å². The quantitative estimate of drug-likeness (QED) is 0.162. The molecule has 0 aliphatic heterocycles. The second kappa shape index (κ2) is 10.6. The molecule has 1 amide bonds. The van der Waals surface area contributed by atoms with Gasteiger partial charge in [0.1, 0.15) is 10.7 Å². The summed E-state index contributed by atoms with van der Waals surface area (Å²) in [6, 6.07) is 0. The van der Waals surface area contributed by atoms with E-state index in [9.17, 15) is 27.2 Å². The minimum absolute atomic E-state index is 0.00809. The number of rotatable bonds is 6. The largest absolute Gasteiger partial charge is 0.465 e. The molecule has 1 heterocycles. The molecule has 0 spiro atoms. The van der Waals surface area contributed by atoms with Crippen molar-refractivity contribution in [1.82, 2.24) is 4.90 Å². The van der Waals surface area contributed by atoms with Gasteiger partial charge in [-0.05, 0) is 54.5 Å². The van der Waals surface area contributed by atoms with Crippen molar-refractivity contribution in [3.8, 4) is 0 Å². The first kappa shape index (κ1) is 26.0. The Bertz CT molecular complexity index is 1060. The van der Waals surface area contributed by atoms with E-state index < -0.39 is 44.5 Å². The number of nitrogens with one attached hydrogen (secondary N) is 2. The van der Waals surface area contributed by atoms with Crippen molar-refractivity contribution in [2.24, 2.45) is 0 Å². The lowest BCUT2D eigenvalue weighted by Crippen LogP contribution is -2.30. The molecule has 0 saturated carbocycles. The predicted octanol–water partition coefficient (Wildman–Crippen LogP) is 5.45. The summed E-state index contributed by atoms with van der Waals surface area (Å²) in [5.74, 6) is -7.81. The maximum Gasteiger partial charge on any atom is 0.341 e. The van der Waals surface area contributed by atoms with Gasteiger partial charge < -0.3 is 20.3 Å². The number of ether oxygens (including phenoxy) is 1. The molecule has 13 heteroatoms. The zero-order valence-electron chi connectivity index (χ0n) is 17.3. The lowest BCUT2D eigenvalue weighted by molar-refractivity contribution is 0.0601. The van der Waals surface area contributed by atoms with Gasteiger partial charge in [-0.15, -0.1) is 11.3 Å². The molecule has 0 aliphatic rings. The van der Waals surface area contributed by atoms with Crippen LogP contribution in [-0.2, 0) is 4.74 Å². The van der Waals surface area contributed by atoms with Crippen molar-refractivity contribution >= 4 is 67.2 Å². The van der Waals surface area contributed by atoms with E-state index in [1.807, 2.05) is 0 Å². The number of hydrogen-bond donors (Lipinski definition) is 2. The van der Waals surface area contributed by atoms with Gasteiger partial charge in [0, 0.05) is 13.1 Å². The monoisotopic (exact) mass is 555 g/mol. The molecule has 1 aromatic heterocycles. The van der Waals surface area contributed by atoms with Gasteiger partial charge in [-0.25, -0.2) is 22.4 Å². The Kier molecular flexibility index (Phi) is 8.60. The van der Waals surface area contributed by atoms with Gasteiger partial charge in [-0.3, -0.25) is 4.79 Å². The first-order valence-electron chi connectivity index (χ1n) is 9.10. The minimum Gasteiger partial charge on any atom is -0.465 e. The van der Waals surface area contributed by atoms with Crippen LogP contribution >= 0.6 is 39.5 Å². The van der Waals surface area contributed by atoms with Crippen LogP contribution in [0.1, 0.15) is 39.4 Å². The number of thiophene rings is 1. The maximum atomic E-state index is 14.1. The highest BCUT2D eigenvalue weighted by Crippen LogP contribution is 2.35. The summed E-state index contributed by atoms with van der Waals surface area (Å²) in [4.78, 5) is 26.9. The SMILES string of the molecule is CCN(CC)C(=O)c1sc(NC(=S)Nc2c(F)c(F)c(Br)c(F)c2F)c(C(=O)OC)c1C. The van der Waals surface area contributed by atoms with E-state index in [1.165, 1.54) is 0 Å². The van der Waals surface area contributed by atoms with Crippen molar-refractivity contribution in [3.05, 3.63) is 43.7 Å². The van der Waals surface area contributed by atoms with Crippen LogP contribution in [-0.4, -0.2) is 42.1 Å². The Morgan fingerprint density at radius 2 is 1.59 bits per heavy atom. The molecule has 0 fully saturated rings. The number of carbonyl (C=O) groups is 2. The van der Waals surface area contributed by atoms with Gasteiger partial charge in [0.05, 0.1) is 22.0 Å². The number of carbonyl (C=O) groups excluding carboxylic acids is 2. The van der Waals surface area contributed by atoms with E-state index in [4.69, 9.17) is 17.0 Å². The summed E-state index contributed by atoms with van der Waals surface area (Å²) < 4.78 is 59.6. The van der Waals surface area contributed by atoms with Gasteiger partial charge >= 0.3 is 5.97 Å². The van der Waals surface area contributed by atoms with Crippen molar-refractivity contribution in [1.29, 1.82) is 0 Å². The van der Waals surface area contributed by atoms with Crippen LogP contribution in [0.4, 0.5) is 28.3 Å². The Morgan fingerprint density at radius 3 is 2.06 bits per heavy atom. The number of thiocarbonyl (C=S) groups is 1. The molecule has 1 aromatic carbocycles. The highest BCUT2D eigenvalue weighted by atomic mass is 79.9. The fraction of sp³-hybridized carbons (Fsp3) is 0.316. The third-order valence-electron chi connectivity index (χ3n) is 4.46. The average Bonchev–Trinajstić information content (AvgIpc) is 3.09. The summed E-state index contributed by atoms with van der Waals surface area (Å²) in [6.07, 6.45) is 0. The summed E-state index contributed by atoms with van der Waals surface area (Å²) in [5.41, 5.74) is -0.846. The molecule has 0 radical (unpaired) electrons. The standard InChI is InChI=1S/C19H18BrF4N3O3S2/c1-5-27(6-2)17(28)15-7(3)8(18(29)30-4)16(32-15)26-19(31)25-14-12(23)10(21)9(20)11(22)13(14)24/h5-6H2,1-4H3,(H2,25,26,31). The highest BCUT2D eigenvalue weighted by Gasteiger charge is 2.29. The number of esters is 1. The molecule has 0 saturated heterocycles. The summed E-state index contributed by atoms with van der Waals surface area (Å²) in [5, 5.41) is 4.18. The van der Waals surface area contributed by atoms with Gasteiger partial charge in [0.25, 0.3) is 5.91 Å². The van der Waals surface area contributed by atoms with Crippen molar-refractivity contribution in [2.45, 2.75) is 20.8 Å². The molecule has 0 aliphatic carbocycles. The molecule has 0 bridgehead atoms. The van der Waals surface area contributed by atoms with Crippen LogP contribution in [0.15, 0.2) is 4.47 Å². The lowest BCUT2D eigenvalue weighted by Gasteiger charge is -2.18. The molecule has 0 atom stereocenters. The van der Waals surface area contributed by atoms with E-state index >= 15 is 0 Å². The van der Waals surface area contributed by atoms with E-state index in [0.717, 1.165) is 18.4 Å². The minimum atomic E-state index is -1.70. The molecule has 6 nitrogen and oxygen atoms in total. The number of nitrogens with zero attached hydrogens (tertiary/aromatic N) is 1. The number of anilines is 2. The van der Waals surface area contributed by atoms with E-state index in [-0.39, 0.29) is 21.3 Å². The third kappa shape index (κ3) is 4.89. The third-order valence-corrected chi connectivity index (χ3v) is 6.55. The first-order chi connectivity index (χ1) is 15.0. The molecule has 2 rings (SSSR count). The molecule has 0 unspecified atom stereocenters. The fourth-order valence-electron chi connectivity index (χ4n) is 2.77. The van der Waals surface area contributed by atoms with Crippen LogP contribution < -0.4 is 10.6 Å². The fourth-order valence-corrected chi connectivity index (χ4v) is 4.55. The van der Waals surface area contributed by atoms with E-state index in [1.54, 1.807) is 25.7 Å². The molecular weight excluding hydrogens is 538 g/mol. The maximum absolute atomic E-state index is 14.1. The lowest BCUT2D eigenvalue weighted by atomic mass is 10.1. The predicted molar refractivity (Wildman–Crippen MR) is 121 cm³/mol. The second-order valence-electron chi connectivity index (χ2n) is 6.25. The molecule has 2 aromatic rings. The van der Waals surface area contributed by atoms with Crippen LogP contribution in [0, 0.1) is 30.2 Å². The van der Waals surface area contributed by atoms with Crippen LogP contribution in [0.5, 0.6) is 0 Å². The average molecular weight is 556 g/mol. The number of halogens is 5. The van der Waals surface area contributed by atoms with Gasteiger partial charge in [0.2, 0.25) is 0 Å². The normalized spacial score (nSPS) is 10.7. The smallest absolute Gasteiger partial charge is 0.341 e. The summed E-state index contributed by atoms with van der Waals surface area (Å²) in [7, 11) is 1.14.